The first-order valence-electron chi connectivity index (χ1n) is 6.48. The van der Waals surface area contributed by atoms with Crippen molar-refractivity contribution >= 4 is 18.0 Å². The lowest BCUT2D eigenvalue weighted by atomic mass is 10.1. The fraction of sp³-hybridized carbons (Fsp3) is 0.333. The van der Waals surface area contributed by atoms with Gasteiger partial charge in [0.25, 0.3) is 5.91 Å². The Hall–Kier alpha value is -2.21. The van der Waals surface area contributed by atoms with E-state index in [1.165, 1.54) is 25.3 Å². The molecule has 2 N–H and O–H groups in total. The van der Waals surface area contributed by atoms with Gasteiger partial charge in [0, 0.05) is 13.2 Å². The third-order valence-corrected chi connectivity index (χ3v) is 2.85. The SMILES string of the molecule is CCC(COC)NC(=O)c1cc(C=CC(=O)O)ccc1F. The third kappa shape index (κ3) is 5.35. The van der Waals surface area contributed by atoms with Crippen LogP contribution in [0.2, 0.25) is 0 Å². The van der Waals surface area contributed by atoms with E-state index in [9.17, 15) is 14.0 Å². The zero-order valence-electron chi connectivity index (χ0n) is 11.9. The molecular formula is C15H18FNO4. The molecule has 0 aliphatic heterocycles. The Morgan fingerprint density at radius 3 is 2.76 bits per heavy atom. The lowest BCUT2D eigenvalue weighted by Gasteiger charge is -2.16. The molecule has 0 radical (unpaired) electrons. The van der Waals surface area contributed by atoms with Gasteiger partial charge in [-0.2, -0.15) is 0 Å². The van der Waals surface area contributed by atoms with Gasteiger partial charge in [0.1, 0.15) is 5.82 Å². The number of halogens is 1. The molecule has 1 rings (SSSR count). The molecule has 1 amide bonds. The molecule has 1 aromatic rings. The molecule has 5 nitrogen and oxygen atoms in total. The van der Waals surface area contributed by atoms with Gasteiger partial charge in [-0.1, -0.05) is 13.0 Å². The topological polar surface area (TPSA) is 75.6 Å². The first kappa shape index (κ1) is 16.8. The minimum Gasteiger partial charge on any atom is -0.478 e. The molecule has 1 aromatic carbocycles. The summed E-state index contributed by atoms with van der Waals surface area (Å²) in [5.41, 5.74) is 0.306. The summed E-state index contributed by atoms with van der Waals surface area (Å²) in [4.78, 5) is 22.5. The van der Waals surface area contributed by atoms with E-state index in [0.717, 1.165) is 12.1 Å². The maximum Gasteiger partial charge on any atom is 0.328 e. The summed E-state index contributed by atoms with van der Waals surface area (Å²) in [6.45, 7) is 2.22. The van der Waals surface area contributed by atoms with Crippen molar-refractivity contribution in [2.24, 2.45) is 0 Å². The van der Waals surface area contributed by atoms with Crippen LogP contribution in [0.25, 0.3) is 6.08 Å². The molecule has 1 atom stereocenters. The molecule has 0 heterocycles. The smallest absolute Gasteiger partial charge is 0.328 e. The molecule has 0 aliphatic carbocycles. The number of methoxy groups -OCH3 is 1. The highest BCUT2D eigenvalue weighted by Gasteiger charge is 2.16. The van der Waals surface area contributed by atoms with Crippen LogP contribution in [-0.2, 0) is 9.53 Å². The Bertz CT molecular complexity index is 542. The number of carboxylic acid groups (broad SMARTS) is 1. The van der Waals surface area contributed by atoms with Gasteiger partial charge >= 0.3 is 5.97 Å². The van der Waals surface area contributed by atoms with Crippen molar-refractivity contribution in [2.75, 3.05) is 13.7 Å². The van der Waals surface area contributed by atoms with Gasteiger partial charge in [-0.3, -0.25) is 4.79 Å². The Labute approximate surface area is 122 Å². The van der Waals surface area contributed by atoms with Gasteiger partial charge in [-0.05, 0) is 30.2 Å². The average Bonchev–Trinajstić information content (AvgIpc) is 2.45. The number of ether oxygens (including phenoxy) is 1. The molecule has 0 aliphatic rings. The Morgan fingerprint density at radius 1 is 1.48 bits per heavy atom. The quantitative estimate of drug-likeness (QED) is 0.755. The van der Waals surface area contributed by atoms with Crippen LogP contribution in [0.3, 0.4) is 0 Å². The first-order valence-corrected chi connectivity index (χ1v) is 6.48. The predicted molar refractivity (Wildman–Crippen MR) is 76.5 cm³/mol. The second kappa shape index (κ2) is 8.16. The Kier molecular flexibility index (Phi) is 6.55. The molecule has 0 saturated heterocycles. The number of aliphatic carboxylic acids is 1. The summed E-state index contributed by atoms with van der Waals surface area (Å²) < 4.78 is 18.7. The van der Waals surface area contributed by atoms with Crippen molar-refractivity contribution < 1.29 is 23.8 Å². The number of hydrogen-bond acceptors (Lipinski definition) is 3. The van der Waals surface area contributed by atoms with Gasteiger partial charge in [0.15, 0.2) is 0 Å². The standard InChI is InChI=1S/C15H18FNO4/c1-3-11(9-21-2)17-15(20)12-8-10(4-6-13(12)16)5-7-14(18)19/h4-8,11H,3,9H2,1-2H3,(H,17,20)(H,18,19). The number of benzene rings is 1. The number of carboxylic acids is 1. The van der Waals surface area contributed by atoms with Crippen LogP contribution in [0, 0.1) is 5.82 Å². The fourth-order valence-corrected chi connectivity index (χ4v) is 1.71. The van der Waals surface area contributed by atoms with Crippen LogP contribution in [0.15, 0.2) is 24.3 Å². The van der Waals surface area contributed by atoms with Crippen LogP contribution < -0.4 is 5.32 Å². The number of amides is 1. The van der Waals surface area contributed by atoms with E-state index in [0.29, 0.717) is 18.6 Å². The van der Waals surface area contributed by atoms with Crippen molar-refractivity contribution in [1.82, 2.24) is 5.32 Å². The van der Waals surface area contributed by atoms with E-state index in [1.807, 2.05) is 6.92 Å². The summed E-state index contributed by atoms with van der Waals surface area (Å²) in [7, 11) is 1.52. The van der Waals surface area contributed by atoms with Crippen molar-refractivity contribution in [1.29, 1.82) is 0 Å². The molecule has 0 fully saturated rings. The van der Waals surface area contributed by atoms with Gasteiger partial charge in [-0.25, -0.2) is 9.18 Å². The second-order valence-electron chi connectivity index (χ2n) is 4.44. The predicted octanol–water partition coefficient (Wildman–Crippen LogP) is 2.08. The number of carbonyl (C=O) groups is 2. The van der Waals surface area contributed by atoms with Gasteiger partial charge in [0.05, 0.1) is 18.2 Å². The van der Waals surface area contributed by atoms with E-state index in [2.05, 4.69) is 5.32 Å². The number of nitrogens with one attached hydrogen (secondary N) is 1. The fourth-order valence-electron chi connectivity index (χ4n) is 1.71. The van der Waals surface area contributed by atoms with Crippen molar-refractivity contribution in [3.63, 3.8) is 0 Å². The van der Waals surface area contributed by atoms with Crippen LogP contribution >= 0.6 is 0 Å². The largest absolute Gasteiger partial charge is 0.478 e. The molecule has 1 unspecified atom stereocenters. The maximum absolute atomic E-state index is 13.7. The highest BCUT2D eigenvalue weighted by atomic mass is 19.1. The van der Waals surface area contributed by atoms with Gasteiger partial charge in [0.2, 0.25) is 0 Å². The summed E-state index contributed by atoms with van der Waals surface area (Å²) in [6, 6.07) is 3.63. The molecular weight excluding hydrogens is 277 g/mol. The third-order valence-electron chi connectivity index (χ3n) is 2.85. The van der Waals surface area contributed by atoms with Gasteiger partial charge in [-0.15, -0.1) is 0 Å². The van der Waals surface area contributed by atoms with Crippen molar-refractivity contribution in [3.8, 4) is 0 Å². The number of carbonyl (C=O) groups excluding carboxylic acids is 1. The van der Waals surface area contributed by atoms with Crippen LogP contribution in [0.5, 0.6) is 0 Å². The monoisotopic (exact) mass is 295 g/mol. The number of hydrogen-bond donors (Lipinski definition) is 2. The van der Waals surface area contributed by atoms with Crippen LogP contribution in [0.1, 0.15) is 29.3 Å². The molecule has 21 heavy (non-hydrogen) atoms. The Balaban J connectivity index is 2.92. The summed E-state index contributed by atoms with van der Waals surface area (Å²) >= 11 is 0. The summed E-state index contributed by atoms with van der Waals surface area (Å²) in [5, 5.41) is 11.2. The minimum atomic E-state index is -1.11. The lowest BCUT2D eigenvalue weighted by Crippen LogP contribution is -2.37. The van der Waals surface area contributed by atoms with E-state index in [1.54, 1.807) is 0 Å². The van der Waals surface area contributed by atoms with E-state index in [4.69, 9.17) is 9.84 Å². The molecule has 0 aromatic heterocycles. The van der Waals surface area contributed by atoms with Crippen molar-refractivity contribution in [2.45, 2.75) is 19.4 Å². The summed E-state index contributed by atoms with van der Waals surface area (Å²) in [6.07, 6.45) is 2.87. The highest BCUT2D eigenvalue weighted by molar-refractivity contribution is 5.95. The molecule has 0 spiro atoms. The molecule has 0 bridgehead atoms. The average molecular weight is 295 g/mol. The van der Waals surface area contributed by atoms with Crippen molar-refractivity contribution in [3.05, 3.63) is 41.2 Å². The normalized spacial score (nSPS) is 12.3. The van der Waals surface area contributed by atoms with Crippen LogP contribution in [0.4, 0.5) is 4.39 Å². The minimum absolute atomic E-state index is 0.128. The lowest BCUT2D eigenvalue weighted by molar-refractivity contribution is -0.131. The zero-order chi connectivity index (χ0) is 15.8. The molecule has 6 heteroatoms. The second-order valence-corrected chi connectivity index (χ2v) is 4.44. The maximum atomic E-state index is 13.7. The molecule has 114 valence electrons. The van der Waals surface area contributed by atoms with Crippen LogP contribution in [-0.4, -0.2) is 36.7 Å². The Morgan fingerprint density at radius 2 is 2.19 bits per heavy atom. The van der Waals surface area contributed by atoms with E-state index in [-0.39, 0.29) is 11.6 Å². The number of rotatable bonds is 7. The molecule has 0 saturated carbocycles. The van der Waals surface area contributed by atoms with E-state index >= 15 is 0 Å². The van der Waals surface area contributed by atoms with E-state index < -0.39 is 17.7 Å². The highest BCUT2D eigenvalue weighted by Crippen LogP contribution is 2.12. The zero-order valence-corrected chi connectivity index (χ0v) is 11.9. The summed E-state index contributed by atoms with van der Waals surface area (Å²) in [5.74, 6) is -2.33. The van der Waals surface area contributed by atoms with Gasteiger partial charge < -0.3 is 15.2 Å². The first-order chi connectivity index (χ1) is 9.97.